The molecule has 3 rings (SSSR count). The molecule has 2 aliphatic heterocycles. The van der Waals surface area contributed by atoms with Crippen molar-refractivity contribution >= 4 is 43.2 Å². The molecule has 20 heavy (non-hydrogen) atoms. The molecule has 0 aromatic heterocycles. The summed E-state index contributed by atoms with van der Waals surface area (Å²) in [5, 5.41) is 9.50. The quantitative estimate of drug-likeness (QED) is 0.641. The largest absolute Gasteiger partial charge is 0.337 e. The number of fused-ring (bicyclic) bond motifs is 3. The highest BCUT2D eigenvalue weighted by molar-refractivity contribution is 8.17. The highest BCUT2D eigenvalue weighted by Gasteiger charge is 2.37. The van der Waals surface area contributed by atoms with E-state index in [2.05, 4.69) is 10.1 Å². The highest BCUT2D eigenvalue weighted by atomic mass is 32.3. The van der Waals surface area contributed by atoms with Crippen LogP contribution in [-0.2, 0) is 19.9 Å². The van der Waals surface area contributed by atoms with Crippen LogP contribution in [0.3, 0.4) is 0 Å². The number of anilines is 2. The van der Waals surface area contributed by atoms with Gasteiger partial charge in [0.1, 0.15) is 0 Å². The monoisotopic (exact) mass is 334 g/mol. The summed E-state index contributed by atoms with van der Waals surface area (Å²) in [6.07, 6.45) is 1.11. The molecule has 0 saturated heterocycles. The van der Waals surface area contributed by atoms with Crippen LogP contribution in [-0.4, -0.2) is 23.1 Å². The molecule has 0 bridgehead atoms. The molecule has 0 spiro atoms. The molecule has 2 heterocycles. The summed E-state index contributed by atoms with van der Waals surface area (Å²) in [4.78, 5) is 2.77. The van der Waals surface area contributed by atoms with Crippen molar-refractivity contribution in [1.82, 2.24) is 4.83 Å². The summed E-state index contributed by atoms with van der Waals surface area (Å²) in [5.41, 5.74) is 1.10. The lowest BCUT2D eigenvalue weighted by molar-refractivity contribution is 0.597. The van der Waals surface area contributed by atoms with Crippen LogP contribution in [0, 0.1) is 0 Å². The van der Waals surface area contributed by atoms with Crippen molar-refractivity contribution in [3.63, 3.8) is 0 Å². The number of rotatable bonds is 2. The average Bonchev–Trinajstić information content (AvgIpc) is 2.83. The molecule has 0 fully saturated rings. The van der Waals surface area contributed by atoms with Crippen molar-refractivity contribution in [3.8, 4) is 0 Å². The molecule has 11 heteroatoms. The van der Waals surface area contributed by atoms with Gasteiger partial charge in [0.25, 0.3) is 0 Å². The molecule has 0 amide bonds. The van der Waals surface area contributed by atoms with E-state index in [1.165, 1.54) is 23.2 Å². The minimum absolute atomic E-state index is 0.0427. The van der Waals surface area contributed by atoms with Gasteiger partial charge in [0.05, 0.1) is 16.3 Å². The predicted molar refractivity (Wildman–Crippen MR) is 76.5 cm³/mol. The van der Waals surface area contributed by atoms with Gasteiger partial charge in [0, 0.05) is 6.26 Å². The zero-order chi connectivity index (χ0) is 14.7. The average molecular weight is 334 g/mol. The number of benzene rings is 1. The number of hydrazine groups is 1. The topological polar surface area (TPSA) is 122 Å². The minimum atomic E-state index is -3.82. The SMILES string of the molecule is CS(=O)(=O)C1=C2Nc3ccc(S(N)(=O)=O)cc3N2NS1. The van der Waals surface area contributed by atoms with Crippen molar-refractivity contribution in [2.75, 3.05) is 16.6 Å². The van der Waals surface area contributed by atoms with E-state index in [9.17, 15) is 16.8 Å². The molecule has 0 radical (unpaired) electrons. The summed E-state index contributed by atoms with van der Waals surface area (Å²) >= 11 is 0.943. The van der Waals surface area contributed by atoms with Crippen molar-refractivity contribution in [2.24, 2.45) is 5.14 Å². The number of hydrogen-bond acceptors (Lipinski definition) is 8. The number of primary sulfonamides is 1. The van der Waals surface area contributed by atoms with E-state index in [0.717, 1.165) is 18.2 Å². The molecule has 0 saturated carbocycles. The smallest absolute Gasteiger partial charge is 0.238 e. The Morgan fingerprint density at radius 1 is 1.25 bits per heavy atom. The zero-order valence-electron chi connectivity index (χ0n) is 10.1. The second kappa shape index (κ2) is 4.11. The van der Waals surface area contributed by atoms with E-state index in [4.69, 9.17) is 5.14 Å². The molecule has 2 aliphatic rings. The van der Waals surface area contributed by atoms with E-state index >= 15 is 0 Å². The number of sulfone groups is 1. The molecular weight excluding hydrogens is 324 g/mol. The Morgan fingerprint density at radius 2 is 1.95 bits per heavy atom. The normalized spacial score (nSPS) is 18.0. The Morgan fingerprint density at radius 3 is 2.55 bits per heavy atom. The Balaban J connectivity index is 2.14. The van der Waals surface area contributed by atoms with E-state index in [1.54, 1.807) is 0 Å². The lowest BCUT2D eigenvalue weighted by Gasteiger charge is -2.12. The van der Waals surface area contributed by atoms with Crippen molar-refractivity contribution < 1.29 is 16.8 Å². The van der Waals surface area contributed by atoms with Crippen LogP contribution in [0.1, 0.15) is 0 Å². The van der Waals surface area contributed by atoms with Gasteiger partial charge in [-0.05, 0) is 30.1 Å². The molecule has 0 aliphatic carbocycles. The maximum atomic E-state index is 11.7. The number of hydrogen-bond donors (Lipinski definition) is 3. The first kappa shape index (κ1) is 13.7. The second-order valence-electron chi connectivity index (χ2n) is 4.29. The second-order valence-corrected chi connectivity index (χ2v) is 8.85. The summed E-state index contributed by atoms with van der Waals surface area (Å²) in [6.45, 7) is 0. The Labute approximate surface area is 120 Å². The van der Waals surface area contributed by atoms with Gasteiger partial charge < -0.3 is 5.32 Å². The van der Waals surface area contributed by atoms with E-state index < -0.39 is 19.9 Å². The summed E-state index contributed by atoms with van der Waals surface area (Å²) in [5.74, 6) is 0.360. The van der Waals surface area contributed by atoms with Gasteiger partial charge in [-0.1, -0.05) is 0 Å². The van der Waals surface area contributed by atoms with Gasteiger partial charge in [-0.15, -0.1) is 0 Å². The molecule has 0 unspecified atom stereocenters. The zero-order valence-corrected chi connectivity index (χ0v) is 12.6. The Bertz CT molecular complexity index is 844. The van der Waals surface area contributed by atoms with Gasteiger partial charge >= 0.3 is 0 Å². The fraction of sp³-hybridized carbons (Fsp3) is 0.111. The van der Waals surface area contributed by atoms with E-state index in [0.29, 0.717) is 17.2 Å². The molecular formula is C9H10N4O4S3. The van der Waals surface area contributed by atoms with E-state index in [-0.39, 0.29) is 9.13 Å². The first-order valence-electron chi connectivity index (χ1n) is 5.29. The predicted octanol–water partition coefficient (Wildman–Crippen LogP) is -0.0965. The third-order valence-electron chi connectivity index (χ3n) is 2.78. The number of nitrogens with one attached hydrogen (secondary N) is 2. The molecule has 4 N–H and O–H groups in total. The highest BCUT2D eigenvalue weighted by Crippen LogP contribution is 2.44. The van der Waals surface area contributed by atoms with Crippen molar-refractivity contribution in [3.05, 3.63) is 28.3 Å². The van der Waals surface area contributed by atoms with Crippen molar-refractivity contribution in [2.45, 2.75) is 4.90 Å². The fourth-order valence-corrected chi connectivity index (χ4v) is 4.25. The first-order chi connectivity index (χ1) is 9.18. The summed E-state index contributed by atoms with van der Waals surface area (Å²) in [7, 11) is -7.20. The van der Waals surface area contributed by atoms with Crippen LogP contribution in [0.5, 0.6) is 0 Å². The third-order valence-corrected chi connectivity index (χ3v) is 6.36. The number of nitrogens with zero attached hydrogens (tertiary/aromatic N) is 1. The van der Waals surface area contributed by atoms with Crippen LogP contribution < -0.4 is 20.3 Å². The molecule has 8 nitrogen and oxygen atoms in total. The maximum Gasteiger partial charge on any atom is 0.238 e. The first-order valence-corrected chi connectivity index (χ1v) is 9.54. The minimum Gasteiger partial charge on any atom is -0.337 e. The third kappa shape index (κ3) is 2.07. The van der Waals surface area contributed by atoms with Gasteiger partial charge in [0.15, 0.2) is 19.9 Å². The summed E-state index contributed by atoms with van der Waals surface area (Å²) in [6, 6.07) is 4.27. The summed E-state index contributed by atoms with van der Waals surface area (Å²) < 4.78 is 46.2. The fourth-order valence-electron chi connectivity index (χ4n) is 1.91. The van der Waals surface area contributed by atoms with Gasteiger partial charge in [0.2, 0.25) is 10.0 Å². The maximum absolute atomic E-state index is 11.7. The van der Waals surface area contributed by atoms with Gasteiger partial charge in [-0.25, -0.2) is 27.0 Å². The van der Waals surface area contributed by atoms with E-state index in [1.807, 2.05) is 0 Å². The van der Waals surface area contributed by atoms with Gasteiger partial charge in [-0.2, -0.15) is 4.83 Å². The van der Waals surface area contributed by atoms with Crippen LogP contribution in [0.15, 0.2) is 33.2 Å². The van der Waals surface area contributed by atoms with Crippen LogP contribution in [0.25, 0.3) is 0 Å². The van der Waals surface area contributed by atoms with Crippen molar-refractivity contribution in [1.29, 1.82) is 0 Å². The lowest BCUT2D eigenvalue weighted by Crippen LogP contribution is -2.26. The number of nitrogens with two attached hydrogens (primary N) is 1. The Hall–Kier alpha value is -1.27. The van der Waals surface area contributed by atoms with Gasteiger partial charge in [-0.3, -0.25) is 0 Å². The standard InChI is InChI=1S/C9H10N4O4S3/c1-19(14,15)9-8-11-6-3-2-5(20(10,16)17)4-7(6)13(8)12-18-9/h2-4,11-12H,1H3,(H2,10,16,17). The Kier molecular flexibility index (Phi) is 2.82. The molecule has 108 valence electrons. The molecule has 1 aromatic rings. The molecule has 0 atom stereocenters. The lowest BCUT2D eigenvalue weighted by atomic mass is 10.3. The van der Waals surface area contributed by atoms with Crippen LogP contribution in [0.2, 0.25) is 0 Å². The van der Waals surface area contributed by atoms with Crippen LogP contribution in [0.4, 0.5) is 11.4 Å². The molecule has 1 aromatic carbocycles. The van der Waals surface area contributed by atoms with Crippen LogP contribution >= 0.6 is 11.9 Å². The number of sulfonamides is 1.